The van der Waals surface area contributed by atoms with E-state index < -0.39 is 17.6 Å². The van der Waals surface area contributed by atoms with Crippen molar-refractivity contribution in [2.24, 2.45) is 0 Å². The third-order valence-electron chi connectivity index (χ3n) is 2.04. The molecule has 0 spiro atoms. The van der Waals surface area contributed by atoms with Gasteiger partial charge in [-0.1, -0.05) is 13.8 Å². The molecule has 1 aromatic carbocycles. The molecule has 0 bridgehead atoms. The van der Waals surface area contributed by atoms with Crippen molar-refractivity contribution in [2.45, 2.75) is 27.7 Å². The molecule has 0 saturated carbocycles. The Balaban J connectivity index is 0.00000106. The number of halogens is 2. The van der Waals surface area contributed by atoms with E-state index in [1.54, 1.807) is 0 Å². The summed E-state index contributed by atoms with van der Waals surface area (Å²) in [5, 5.41) is 0. The molecule has 0 atom stereocenters. The van der Waals surface area contributed by atoms with Gasteiger partial charge < -0.3 is 4.74 Å². The number of carbonyl (C=O) groups excluding carboxylic acids is 1. The minimum Gasteiger partial charge on any atom is -0.465 e. The van der Waals surface area contributed by atoms with Crippen LogP contribution in [0, 0.1) is 25.5 Å². The Bertz CT molecular complexity index is 387. The fourth-order valence-corrected chi connectivity index (χ4v) is 1.33. The molecule has 0 unspecified atom stereocenters. The minimum atomic E-state index is -1.00. The topological polar surface area (TPSA) is 26.3 Å². The molecule has 1 rings (SSSR count). The second kappa shape index (κ2) is 6.20. The summed E-state index contributed by atoms with van der Waals surface area (Å²) in [6.07, 6.45) is 0. The van der Waals surface area contributed by atoms with Gasteiger partial charge in [-0.2, -0.15) is 0 Å². The Hall–Kier alpha value is -1.45. The molecule has 0 saturated heterocycles. The second-order valence-electron chi connectivity index (χ2n) is 2.98. The smallest absolute Gasteiger partial charge is 0.338 e. The van der Waals surface area contributed by atoms with E-state index in [0.29, 0.717) is 5.56 Å². The number of hydrogen-bond donors (Lipinski definition) is 0. The number of methoxy groups -OCH3 is 1. The Labute approximate surface area is 94.2 Å². The molecule has 0 N–H and O–H groups in total. The van der Waals surface area contributed by atoms with Crippen LogP contribution in [0.25, 0.3) is 0 Å². The predicted molar refractivity (Wildman–Crippen MR) is 58.5 cm³/mol. The first-order valence-electron chi connectivity index (χ1n) is 5.02. The van der Waals surface area contributed by atoms with E-state index in [9.17, 15) is 13.6 Å². The number of ether oxygens (including phenoxy) is 1. The van der Waals surface area contributed by atoms with Crippen molar-refractivity contribution >= 4 is 5.97 Å². The Morgan fingerprint density at radius 3 is 2.19 bits per heavy atom. The lowest BCUT2D eigenvalue weighted by Crippen LogP contribution is -2.09. The molecular weight excluding hydrogens is 214 g/mol. The summed E-state index contributed by atoms with van der Waals surface area (Å²) in [5.74, 6) is -2.61. The maximum Gasteiger partial charge on any atom is 0.338 e. The highest BCUT2D eigenvalue weighted by Crippen LogP contribution is 2.20. The zero-order valence-corrected chi connectivity index (χ0v) is 10.1. The molecule has 0 heterocycles. The van der Waals surface area contributed by atoms with Crippen LogP contribution in [-0.4, -0.2) is 13.1 Å². The first kappa shape index (κ1) is 14.6. The summed E-state index contributed by atoms with van der Waals surface area (Å²) in [6.45, 7) is 6.87. The molecule has 0 amide bonds. The van der Waals surface area contributed by atoms with Crippen molar-refractivity contribution in [1.82, 2.24) is 0 Å². The van der Waals surface area contributed by atoms with Gasteiger partial charge in [0, 0.05) is 5.56 Å². The van der Waals surface area contributed by atoms with Gasteiger partial charge in [-0.3, -0.25) is 0 Å². The Morgan fingerprint density at radius 2 is 1.75 bits per heavy atom. The summed E-state index contributed by atoms with van der Waals surface area (Å²) in [5.41, 5.74) is 0.439. The SMILES string of the molecule is CC.COC(=O)c1c(C)cc(F)c(F)c1C. The van der Waals surface area contributed by atoms with Crippen molar-refractivity contribution in [3.8, 4) is 0 Å². The van der Waals surface area contributed by atoms with E-state index in [1.165, 1.54) is 21.0 Å². The van der Waals surface area contributed by atoms with Crippen LogP contribution in [0.1, 0.15) is 35.3 Å². The van der Waals surface area contributed by atoms with Crippen LogP contribution >= 0.6 is 0 Å². The van der Waals surface area contributed by atoms with Crippen molar-refractivity contribution in [3.05, 3.63) is 34.4 Å². The lowest BCUT2D eigenvalue weighted by atomic mass is 10.0. The number of carbonyl (C=O) groups is 1. The largest absolute Gasteiger partial charge is 0.465 e. The first-order valence-corrected chi connectivity index (χ1v) is 5.02. The first-order chi connectivity index (χ1) is 7.49. The van der Waals surface area contributed by atoms with E-state index in [0.717, 1.165) is 6.07 Å². The van der Waals surface area contributed by atoms with Crippen LogP contribution in [0.3, 0.4) is 0 Å². The molecule has 2 nitrogen and oxygen atoms in total. The zero-order chi connectivity index (χ0) is 12.9. The van der Waals surface area contributed by atoms with Gasteiger partial charge in [-0.05, 0) is 25.5 Å². The fourth-order valence-electron chi connectivity index (χ4n) is 1.33. The standard InChI is InChI=1S/C10H10F2O2.C2H6/c1-5-4-7(11)9(12)6(2)8(5)10(13)14-3;1-2/h4H,1-3H3;1-2H3. The van der Waals surface area contributed by atoms with Gasteiger partial charge in [0.1, 0.15) is 0 Å². The summed E-state index contributed by atoms with van der Waals surface area (Å²) >= 11 is 0. The molecule has 90 valence electrons. The van der Waals surface area contributed by atoms with Gasteiger partial charge in [0.2, 0.25) is 0 Å². The Morgan fingerprint density at radius 1 is 1.25 bits per heavy atom. The number of aryl methyl sites for hydroxylation is 1. The average molecular weight is 230 g/mol. The number of hydrogen-bond acceptors (Lipinski definition) is 2. The number of benzene rings is 1. The minimum absolute atomic E-state index is 0.0191. The normalized spacial score (nSPS) is 9.19. The monoisotopic (exact) mass is 230 g/mol. The van der Waals surface area contributed by atoms with Crippen molar-refractivity contribution in [2.75, 3.05) is 7.11 Å². The highest BCUT2D eigenvalue weighted by atomic mass is 19.2. The van der Waals surface area contributed by atoms with Gasteiger partial charge in [0.15, 0.2) is 11.6 Å². The van der Waals surface area contributed by atoms with Crippen molar-refractivity contribution in [3.63, 3.8) is 0 Å². The highest BCUT2D eigenvalue weighted by Gasteiger charge is 2.18. The van der Waals surface area contributed by atoms with E-state index in [2.05, 4.69) is 4.74 Å². The molecular formula is C12H16F2O2. The lowest BCUT2D eigenvalue weighted by Gasteiger charge is -2.08. The predicted octanol–water partition coefficient (Wildman–Crippen LogP) is 3.39. The van der Waals surface area contributed by atoms with Gasteiger partial charge in [0.05, 0.1) is 12.7 Å². The molecule has 0 radical (unpaired) electrons. The van der Waals surface area contributed by atoms with Gasteiger partial charge in [-0.25, -0.2) is 13.6 Å². The van der Waals surface area contributed by atoms with Crippen molar-refractivity contribution < 1.29 is 18.3 Å². The zero-order valence-electron chi connectivity index (χ0n) is 10.1. The van der Waals surface area contributed by atoms with Crippen LogP contribution in [0.5, 0.6) is 0 Å². The van der Waals surface area contributed by atoms with E-state index in [4.69, 9.17) is 0 Å². The van der Waals surface area contributed by atoms with Gasteiger partial charge in [-0.15, -0.1) is 0 Å². The molecule has 0 aliphatic carbocycles. The number of esters is 1. The third kappa shape index (κ3) is 2.78. The maximum absolute atomic E-state index is 13.1. The molecule has 16 heavy (non-hydrogen) atoms. The maximum atomic E-state index is 13.1. The second-order valence-corrected chi connectivity index (χ2v) is 2.98. The molecule has 0 aromatic heterocycles. The summed E-state index contributed by atoms with van der Waals surface area (Å²) < 4.78 is 30.4. The molecule has 1 aromatic rings. The molecule has 0 fully saturated rings. The quantitative estimate of drug-likeness (QED) is 0.691. The van der Waals surface area contributed by atoms with Crippen LogP contribution in [0.15, 0.2) is 6.07 Å². The van der Waals surface area contributed by atoms with Gasteiger partial charge in [0.25, 0.3) is 0 Å². The van der Waals surface area contributed by atoms with Crippen LogP contribution < -0.4 is 0 Å². The van der Waals surface area contributed by atoms with Crippen LogP contribution in [-0.2, 0) is 4.74 Å². The van der Waals surface area contributed by atoms with Crippen LogP contribution in [0.4, 0.5) is 8.78 Å². The lowest BCUT2D eigenvalue weighted by molar-refractivity contribution is 0.0598. The van der Waals surface area contributed by atoms with E-state index >= 15 is 0 Å². The highest BCUT2D eigenvalue weighted by molar-refractivity contribution is 5.92. The van der Waals surface area contributed by atoms with E-state index in [-0.39, 0.29) is 11.1 Å². The molecule has 0 aliphatic rings. The summed E-state index contributed by atoms with van der Waals surface area (Å²) in [6, 6.07) is 0.981. The van der Waals surface area contributed by atoms with Gasteiger partial charge >= 0.3 is 5.97 Å². The summed E-state index contributed by atoms with van der Waals surface area (Å²) in [4.78, 5) is 11.2. The number of rotatable bonds is 1. The van der Waals surface area contributed by atoms with Crippen LogP contribution in [0.2, 0.25) is 0 Å². The third-order valence-corrected chi connectivity index (χ3v) is 2.04. The molecule has 0 aliphatic heterocycles. The average Bonchev–Trinajstić information content (AvgIpc) is 2.28. The summed E-state index contributed by atoms with van der Waals surface area (Å²) in [7, 11) is 1.20. The van der Waals surface area contributed by atoms with Crippen molar-refractivity contribution in [1.29, 1.82) is 0 Å². The van der Waals surface area contributed by atoms with E-state index in [1.807, 2.05) is 13.8 Å². The Kier molecular flexibility index (Phi) is 5.64. The fraction of sp³-hybridized carbons (Fsp3) is 0.417. The molecule has 4 heteroatoms.